The first-order valence-electron chi connectivity index (χ1n) is 15.5. The third-order valence-electron chi connectivity index (χ3n) is 8.21. The number of anilines is 2. The molecule has 0 spiro atoms. The monoisotopic (exact) mass is 872 g/mol. The van der Waals surface area contributed by atoms with Gasteiger partial charge in [-0.25, -0.2) is 0 Å². The van der Waals surface area contributed by atoms with E-state index >= 15 is 0 Å². The Bertz CT molecular complexity index is 3080. The molecule has 0 bridgehead atoms. The van der Waals surface area contributed by atoms with Crippen molar-refractivity contribution in [2.24, 2.45) is 20.5 Å². The average molecular weight is 873 g/mol. The van der Waals surface area contributed by atoms with E-state index in [9.17, 15) is 66.9 Å². The first kappa shape index (κ1) is 41.2. The summed E-state index contributed by atoms with van der Waals surface area (Å²) in [6.45, 7) is 0. The van der Waals surface area contributed by atoms with Crippen LogP contribution in [0.1, 0.15) is 15.9 Å². The second-order valence-electron chi connectivity index (χ2n) is 12.1. The highest BCUT2D eigenvalue weighted by molar-refractivity contribution is 7.86. The second kappa shape index (κ2) is 14.5. The van der Waals surface area contributed by atoms with Crippen molar-refractivity contribution in [3.05, 3.63) is 96.1 Å². The number of nitrogens with two attached hydrogens (primary N) is 2. The Kier molecular flexibility index (Phi) is 10.3. The van der Waals surface area contributed by atoms with Crippen molar-refractivity contribution in [1.82, 2.24) is 0 Å². The van der Waals surface area contributed by atoms with Gasteiger partial charge in [-0.15, -0.1) is 10.2 Å². The van der Waals surface area contributed by atoms with Crippen LogP contribution in [0.5, 0.6) is 11.5 Å². The van der Waals surface area contributed by atoms with Crippen LogP contribution in [0.25, 0.3) is 21.5 Å². The number of carbonyl (C=O) groups excluding carboxylic acids is 1. The van der Waals surface area contributed by atoms with Crippen molar-refractivity contribution >= 4 is 102 Å². The summed E-state index contributed by atoms with van der Waals surface area (Å²) >= 11 is 0. The molecular weight excluding hydrogens is 849 g/mol. The number of carbonyl (C=O) groups is 1. The van der Waals surface area contributed by atoms with Gasteiger partial charge in [0.15, 0.2) is 17.3 Å². The van der Waals surface area contributed by atoms with Crippen LogP contribution in [-0.2, 0) is 40.5 Å². The largest absolute Gasteiger partial charge is 0.505 e. The van der Waals surface area contributed by atoms with Gasteiger partial charge in [-0.1, -0.05) is 24.3 Å². The molecule has 0 saturated carbocycles. The first-order chi connectivity index (χ1) is 26.8. The van der Waals surface area contributed by atoms with E-state index in [-0.39, 0.29) is 44.0 Å². The Morgan fingerprint density at radius 1 is 0.483 bits per heavy atom. The fraction of sp³-hybridized carbons (Fsp3) is 0. The van der Waals surface area contributed by atoms with Gasteiger partial charge in [0.25, 0.3) is 40.5 Å². The molecule has 0 atom stereocenters. The fourth-order valence-electron chi connectivity index (χ4n) is 5.67. The summed E-state index contributed by atoms with van der Waals surface area (Å²) in [7, 11) is -19.9. The normalized spacial score (nSPS) is 12.9. The van der Waals surface area contributed by atoms with E-state index in [1.807, 2.05) is 0 Å². The van der Waals surface area contributed by atoms with E-state index in [0.717, 1.165) is 36.4 Å². The van der Waals surface area contributed by atoms with Crippen LogP contribution in [0, 0.1) is 0 Å². The Morgan fingerprint density at radius 3 is 1.17 bits per heavy atom. The summed E-state index contributed by atoms with van der Waals surface area (Å²) in [6, 6.07) is 15.2. The number of ketones is 1. The van der Waals surface area contributed by atoms with E-state index in [1.165, 1.54) is 48.5 Å². The number of rotatable bonds is 10. The second-order valence-corrected chi connectivity index (χ2v) is 17.7. The van der Waals surface area contributed by atoms with Gasteiger partial charge >= 0.3 is 0 Å². The predicted molar refractivity (Wildman–Crippen MR) is 204 cm³/mol. The van der Waals surface area contributed by atoms with Crippen LogP contribution in [-0.4, -0.2) is 67.9 Å². The highest BCUT2D eigenvalue weighted by Gasteiger charge is 2.26. The van der Waals surface area contributed by atoms with Crippen LogP contribution >= 0.6 is 0 Å². The van der Waals surface area contributed by atoms with Gasteiger partial charge in [0.2, 0.25) is 0 Å². The van der Waals surface area contributed by atoms with E-state index in [4.69, 9.17) is 11.5 Å². The molecular formula is C33H24N6O15S4. The maximum atomic E-state index is 13.5. The van der Waals surface area contributed by atoms with Crippen molar-refractivity contribution in [1.29, 1.82) is 0 Å². The highest BCUT2D eigenvalue weighted by atomic mass is 32.2. The quantitative estimate of drug-likeness (QED) is 0.0358. The van der Waals surface area contributed by atoms with Gasteiger partial charge in [0.1, 0.15) is 21.2 Å². The molecule has 0 aromatic heterocycles. The molecule has 0 radical (unpaired) electrons. The molecule has 6 aromatic rings. The molecule has 0 aliphatic carbocycles. The Hall–Kier alpha value is -6.45. The van der Waals surface area contributed by atoms with Crippen LogP contribution < -0.4 is 11.5 Å². The number of phenolic OH excluding ortho intramolecular Hbond substituents is 2. The summed E-state index contributed by atoms with van der Waals surface area (Å²) in [4.78, 5) is 10.1. The number of nitrogen functional groups attached to an aromatic ring is 2. The minimum Gasteiger partial charge on any atom is -0.505 e. The van der Waals surface area contributed by atoms with Gasteiger partial charge in [-0.2, -0.15) is 43.9 Å². The van der Waals surface area contributed by atoms with Crippen molar-refractivity contribution < 1.29 is 66.9 Å². The summed E-state index contributed by atoms with van der Waals surface area (Å²) in [5, 5.41) is 36.0. The molecule has 6 aromatic carbocycles. The number of azo groups is 2. The number of hydrogen-bond acceptors (Lipinski definition) is 17. The van der Waals surface area contributed by atoms with Crippen LogP contribution in [0.4, 0.5) is 34.1 Å². The van der Waals surface area contributed by atoms with E-state index in [0.29, 0.717) is 0 Å². The van der Waals surface area contributed by atoms with Gasteiger partial charge in [0.05, 0.1) is 21.2 Å². The average Bonchev–Trinajstić information content (AvgIpc) is 3.11. The third-order valence-corrected chi connectivity index (χ3v) is 11.6. The van der Waals surface area contributed by atoms with E-state index < -0.39 is 100 Å². The van der Waals surface area contributed by atoms with E-state index in [2.05, 4.69) is 20.5 Å². The van der Waals surface area contributed by atoms with Crippen molar-refractivity contribution in [2.75, 3.05) is 11.5 Å². The smallest absolute Gasteiger partial charge is 0.296 e. The Morgan fingerprint density at radius 2 is 0.845 bits per heavy atom. The van der Waals surface area contributed by atoms with Crippen LogP contribution in [0.2, 0.25) is 0 Å². The highest BCUT2D eigenvalue weighted by Crippen LogP contribution is 2.46. The lowest BCUT2D eigenvalue weighted by Crippen LogP contribution is -2.02. The molecule has 0 amide bonds. The summed E-state index contributed by atoms with van der Waals surface area (Å²) in [6.07, 6.45) is 0. The lowest BCUT2D eigenvalue weighted by molar-refractivity contribution is 0.103. The molecule has 58 heavy (non-hydrogen) atoms. The zero-order chi connectivity index (χ0) is 42.7. The maximum Gasteiger partial charge on any atom is 0.296 e. The molecule has 0 saturated heterocycles. The number of hydrogen-bond donors (Lipinski definition) is 8. The number of fused-ring (bicyclic) bond motifs is 2. The predicted octanol–water partition coefficient (Wildman–Crippen LogP) is 5.62. The molecule has 300 valence electrons. The molecule has 0 aliphatic rings. The van der Waals surface area contributed by atoms with Gasteiger partial charge in [0, 0.05) is 33.3 Å². The summed E-state index contributed by atoms with van der Waals surface area (Å²) in [5.74, 6) is -2.51. The van der Waals surface area contributed by atoms with Gasteiger partial charge in [-0.3, -0.25) is 23.0 Å². The topological polar surface area (TPSA) is 376 Å². The van der Waals surface area contributed by atoms with Crippen molar-refractivity contribution in [3.8, 4) is 11.5 Å². The minimum atomic E-state index is -5.15. The number of phenols is 2. The molecule has 25 heteroatoms. The third kappa shape index (κ3) is 8.17. The number of benzene rings is 6. The Labute approximate surface area is 326 Å². The molecule has 0 heterocycles. The van der Waals surface area contributed by atoms with Crippen LogP contribution in [0.3, 0.4) is 0 Å². The molecule has 10 N–H and O–H groups in total. The summed E-state index contributed by atoms with van der Waals surface area (Å²) in [5.41, 5.74) is 9.13. The molecule has 6 rings (SSSR count). The molecule has 0 unspecified atom stereocenters. The van der Waals surface area contributed by atoms with E-state index in [1.54, 1.807) is 0 Å². The summed E-state index contributed by atoms with van der Waals surface area (Å²) < 4.78 is 134. The lowest BCUT2D eigenvalue weighted by atomic mass is 10.0. The lowest BCUT2D eigenvalue weighted by Gasteiger charge is -2.12. The zero-order valence-electron chi connectivity index (χ0n) is 28.5. The molecule has 0 fully saturated rings. The first-order valence-corrected chi connectivity index (χ1v) is 21.3. The number of nitrogens with zero attached hydrogens (tertiary/aromatic N) is 4. The fourth-order valence-corrected chi connectivity index (χ4v) is 8.09. The molecule has 21 nitrogen and oxygen atoms in total. The minimum absolute atomic E-state index is 0.0224. The number of aromatic hydroxyl groups is 2. The van der Waals surface area contributed by atoms with Crippen molar-refractivity contribution in [2.45, 2.75) is 19.6 Å². The molecule has 0 aliphatic heterocycles. The standard InChI is InChI=1S/C33H24N6O15S4/c34-23-13-21(55(43,44)45)9-17-11-25(57(49,50)51)29(32(41)27(17)23)38-36-19-5-1-3-15(7-19)31(40)16-4-2-6-20(8-16)37-39-30-26(58(52,53)54)12-18-10-22(56(46,47)48)14-24(35)28(18)33(30)42/h1-14,41-42H,34-35H2,(H,43,44,45)(H,46,47,48)(H,49,50,51)(H,52,53,54). The Balaban J connectivity index is 1.35. The van der Waals surface area contributed by atoms with Gasteiger partial charge in [-0.05, 0) is 71.4 Å². The maximum absolute atomic E-state index is 13.5. The SMILES string of the molecule is Nc1cc(S(=O)(=O)O)cc2cc(S(=O)(=O)O)c(N=Nc3cccc(C(=O)c4cccc(N=Nc5c(S(=O)(=O)O)cc6cc(S(=O)(=O)O)cc(N)c6c5O)c4)c3)c(O)c12. The van der Waals surface area contributed by atoms with Crippen LogP contribution in [0.15, 0.2) is 125 Å². The van der Waals surface area contributed by atoms with Crippen molar-refractivity contribution in [3.63, 3.8) is 0 Å². The zero-order valence-corrected chi connectivity index (χ0v) is 31.8. The van der Waals surface area contributed by atoms with Gasteiger partial charge < -0.3 is 21.7 Å².